The van der Waals surface area contributed by atoms with Gasteiger partial charge < -0.3 is 9.72 Å². The van der Waals surface area contributed by atoms with E-state index in [1.54, 1.807) is 6.08 Å². The molecule has 6 heteroatoms. The first-order valence-electron chi connectivity index (χ1n) is 6.53. The minimum atomic E-state index is -0.442. The third kappa shape index (κ3) is 4.10. The molecule has 0 atom stereocenters. The summed E-state index contributed by atoms with van der Waals surface area (Å²) in [5.41, 5.74) is 2.59. The van der Waals surface area contributed by atoms with E-state index in [1.165, 1.54) is 25.1 Å². The summed E-state index contributed by atoms with van der Waals surface area (Å²) in [6.07, 6.45) is 5.32. The molecule has 1 N–H and O–H groups in total. The predicted molar refractivity (Wildman–Crippen MR) is 79.6 cm³/mol. The number of aryl methyl sites for hydroxylation is 1. The zero-order chi connectivity index (χ0) is 15.1. The van der Waals surface area contributed by atoms with Gasteiger partial charge in [-0.25, -0.2) is 9.78 Å². The summed E-state index contributed by atoms with van der Waals surface area (Å²) in [6.45, 7) is 2.10. The number of nitrogens with one attached hydrogen (secondary N) is 1. The molecule has 108 valence electrons. The maximum Gasteiger partial charge on any atom is 0.330 e. The van der Waals surface area contributed by atoms with Crippen LogP contribution in [-0.2, 0) is 16.0 Å². The summed E-state index contributed by atoms with van der Waals surface area (Å²) < 4.78 is 4.53. The fourth-order valence-corrected chi connectivity index (χ4v) is 1.62. The van der Waals surface area contributed by atoms with E-state index in [-0.39, 0.29) is 0 Å². The normalized spacial score (nSPS) is 11.3. The van der Waals surface area contributed by atoms with Crippen molar-refractivity contribution in [2.75, 3.05) is 7.11 Å². The van der Waals surface area contributed by atoms with Crippen LogP contribution in [0, 0.1) is 0 Å². The Morgan fingerprint density at radius 1 is 1.33 bits per heavy atom. The second-order valence-corrected chi connectivity index (χ2v) is 4.22. The lowest BCUT2D eigenvalue weighted by Crippen LogP contribution is -1.93. The van der Waals surface area contributed by atoms with Gasteiger partial charge in [0.05, 0.1) is 24.8 Å². The van der Waals surface area contributed by atoms with E-state index < -0.39 is 5.97 Å². The van der Waals surface area contributed by atoms with Crippen molar-refractivity contribution < 1.29 is 9.53 Å². The Bertz CT molecular complexity index is 657. The average Bonchev–Trinajstić information content (AvgIpc) is 2.98. The average molecular weight is 284 g/mol. The van der Waals surface area contributed by atoms with Gasteiger partial charge in [-0.3, -0.25) is 0 Å². The van der Waals surface area contributed by atoms with E-state index in [9.17, 15) is 4.79 Å². The van der Waals surface area contributed by atoms with Crippen molar-refractivity contribution in [1.82, 2.24) is 9.97 Å². The van der Waals surface area contributed by atoms with Crippen molar-refractivity contribution in [3.05, 3.63) is 47.9 Å². The van der Waals surface area contributed by atoms with E-state index in [4.69, 9.17) is 0 Å². The van der Waals surface area contributed by atoms with Crippen LogP contribution in [0.5, 0.6) is 0 Å². The fraction of sp³-hybridized carbons (Fsp3) is 0.200. The van der Waals surface area contributed by atoms with Gasteiger partial charge in [0.2, 0.25) is 0 Å². The van der Waals surface area contributed by atoms with Crippen LogP contribution in [0.2, 0.25) is 0 Å². The zero-order valence-corrected chi connectivity index (χ0v) is 11.9. The molecule has 0 aliphatic heterocycles. The summed E-state index contributed by atoms with van der Waals surface area (Å²) in [5, 5.41) is 8.20. The zero-order valence-electron chi connectivity index (χ0n) is 11.9. The predicted octanol–water partition coefficient (Wildman–Crippen LogP) is 3.57. The highest BCUT2D eigenvalue weighted by molar-refractivity contribution is 5.87. The van der Waals surface area contributed by atoms with Crippen LogP contribution >= 0.6 is 0 Å². The van der Waals surface area contributed by atoms with Gasteiger partial charge in [0.15, 0.2) is 5.82 Å². The summed E-state index contributed by atoms with van der Waals surface area (Å²) in [7, 11) is 1.32. The van der Waals surface area contributed by atoms with E-state index >= 15 is 0 Å². The van der Waals surface area contributed by atoms with Crippen molar-refractivity contribution in [1.29, 1.82) is 0 Å². The number of benzene rings is 1. The Morgan fingerprint density at radius 3 is 2.76 bits per heavy atom. The summed E-state index contributed by atoms with van der Waals surface area (Å²) in [6, 6.07) is 7.83. The van der Waals surface area contributed by atoms with Gasteiger partial charge in [0.25, 0.3) is 0 Å². The van der Waals surface area contributed by atoms with Crippen molar-refractivity contribution in [2.45, 2.75) is 13.3 Å². The van der Waals surface area contributed by atoms with Gasteiger partial charge in [0.1, 0.15) is 0 Å². The third-order valence-corrected chi connectivity index (χ3v) is 2.84. The van der Waals surface area contributed by atoms with E-state index in [0.29, 0.717) is 11.5 Å². The van der Waals surface area contributed by atoms with Crippen molar-refractivity contribution in [3.8, 4) is 0 Å². The summed E-state index contributed by atoms with van der Waals surface area (Å²) >= 11 is 0. The number of carbonyl (C=O) groups is 1. The van der Waals surface area contributed by atoms with E-state index in [1.807, 2.05) is 24.3 Å². The van der Waals surface area contributed by atoms with Gasteiger partial charge in [-0.1, -0.05) is 19.1 Å². The van der Waals surface area contributed by atoms with E-state index in [0.717, 1.165) is 12.1 Å². The van der Waals surface area contributed by atoms with Gasteiger partial charge in [-0.05, 0) is 30.2 Å². The number of aromatic amines is 1. The minimum Gasteiger partial charge on any atom is -0.466 e. The van der Waals surface area contributed by atoms with Crippen LogP contribution in [0.3, 0.4) is 0 Å². The lowest BCUT2D eigenvalue weighted by Gasteiger charge is -1.96. The number of hydrogen-bond donors (Lipinski definition) is 1. The molecular formula is C15H16N4O2. The molecule has 0 saturated heterocycles. The molecule has 1 aromatic heterocycles. The number of carbonyl (C=O) groups excluding carboxylic acids is 1. The van der Waals surface area contributed by atoms with Crippen LogP contribution < -0.4 is 0 Å². The topological polar surface area (TPSA) is 79.7 Å². The number of aromatic nitrogens is 2. The van der Waals surface area contributed by atoms with Crippen LogP contribution in [0.15, 0.2) is 46.9 Å². The van der Waals surface area contributed by atoms with Crippen LogP contribution in [0.4, 0.5) is 11.5 Å². The smallest absolute Gasteiger partial charge is 0.330 e. The Morgan fingerprint density at radius 2 is 2.10 bits per heavy atom. The highest BCUT2D eigenvalue weighted by atomic mass is 16.5. The summed E-state index contributed by atoms with van der Waals surface area (Å²) in [4.78, 5) is 18.0. The van der Waals surface area contributed by atoms with Gasteiger partial charge >= 0.3 is 5.97 Å². The Balaban J connectivity index is 2.12. The largest absolute Gasteiger partial charge is 0.466 e. The molecule has 0 aliphatic carbocycles. The second-order valence-electron chi connectivity index (χ2n) is 4.22. The number of rotatable bonds is 5. The maximum atomic E-state index is 11.1. The molecule has 0 aliphatic rings. The van der Waals surface area contributed by atoms with Gasteiger partial charge in [-0.2, -0.15) is 0 Å². The number of H-pyrrole nitrogens is 1. The molecule has 1 aromatic carbocycles. The monoisotopic (exact) mass is 284 g/mol. The molecule has 0 radical (unpaired) electrons. The highest BCUT2D eigenvalue weighted by Gasteiger charge is 2.02. The quantitative estimate of drug-likeness (QED) is 0.517. The van der Waals surface area contributed by atoms with Gasteiger partial charge in [0, 0.05) is 6.08 Å². The number of ether oxygens (including phenoxy) is 1. The van der Waals surface area contributed by atoms with Gasteiger partial charge in [-0.15, -0.1) is 10.2 Å². The fourth-order valence-electron chi connectivity index (χ4n) is 1.62. The van der Waals surface area contributed by atoms with Crippen molar-refractivity contribution >= 4 is 23.6 Å². The third-order valence-electron chi connectivity index (χ3n) is 2.84. The molecule has 0 spiro atoms. The molecule has 0 fully saturated rings. The first-order valence-corrected chi connectivity index (χ1v) is 6.53. The summed E-state index contributed by atoms with van der Waals surface area (Å²) in [5.74, 6) is -0.0302. The maximum absolute atomic E-state index is 11.1. The molecule has 0 saturated carbocycles. The number of imidazole rings is 1. The molecule has 2 rings (SSSR count). The standard InChI is InChI=1S/C15H16N4O2/c1-3-11-4-6-12(7-5-11)18-19-15-13(16-10-17-15)8-9-14(20)21-2/h4-10H,3H2,1-2H3,(H,16,17)/b9-8-,19-18?. The molecule has 2 aromatic rings. The molecule has 1 heterocycles. The number of hydrogen-bond acceptors (Lipinski definition) is 5. The molecule has 0 bridgehead atoms. The number of nitrogens with zero attached hydrogens (tertiary/aromatic N) is 3. The number of azo groups is 1. The lowest BCUT2D eigenvalue weighted by atomic mass is 10.2. The molecule has 21 heavy (non-hydrogen) atoms. The first kappa shape index (κ1) is 14.6. The Labute approximate surface area is 122 Å². The van der Waals surface area contributed by atoms with Crippen LogP contribution in [0.25, 0.3) is 6.08 Å². The number of methoxy groups -OCH3 is 1. The Kier molecular flexibility index (Phi) is 4.98. The molecule has 0 amide bonds. The highest BCUT2D eigenvalue weighted by Crippen LogP contribution is 2.20. The lowest BCUT2D eigenvalue weighted by molar-refractivity contribution is -0.134. The van der Waals surface area contributed by atoms with Crippen molar-refractivity contribution in [3.63, 3.8) is 0 Å². The minimum absolute atomic E-state index is 0.412. The van der Waals surface area contributed by atoms with E-state index in [2.05, 4.69) is 31.9 Å². The Hall–Kier alpha value is -2.76. The first-order chi connectivity index (χ1) is 10.2. The SMILES string of the molecule is CCc1ccc(N=Nc2nc[nH]c2/C=C\C(=O)OC)cc1. The molecular weight excluding hydrogens is 268 g/mol. The number of esters is 1. The molecule has 6 nitrogen and oxygen atoms in total. The van der Waals surface area contributed by atoms with Crippen LogP contribution in [0.1, 0.15) is 18.2 Å². The van der Waals surface area contributed by atoms with Crippen LogP contribution in [-0.4, -0.2) is 23.0 Å². The second kappa shape index (κ2) is 7.14. The molecule has 0 unspecified atom stereocenters. The van der Waals surface area contributed by atoms with Crippen molar-refractivity contribution in [2.24, 2.45) is 10.2 Å².